The molecule has 2 aromatic heterocycles. The summed E-state index contributed by atoms with van der Waals surface area (Å²) in [6.07, 6.45) is 1.70. The third kappa shape index (κ3) is 3.87. The van der Waals surface area contributed by atoms with Gasteiger partial charge in [-0.2, -0.15) is 5.10 Å². The summed E-state index contributed by atoms with van der Waals surface area (Å²) >= 11 is 0. The molecule has 3 aromatic rings. The smallest absolute Gasteiger partial charge is 0.286 e. The molecule has 4 rings (SSSR count). The topological polar surface area (TPSA) is 84.2 Å². The van der Waals surface area contributed by atoms with Crippen molar-refractivity contribution in [2.75, 3.05) is 47.4 Å². The normalized spacial score (nSPS) is 15.4. The van der Waals surface area contributed by atoms with Crippen LogP contribution in [0.2, 0.25) is 0 Å². The molecule has 9 heteroatoms. The maximum Gasteiger partial charge on any atom is 0.286 e. The van der Waals surface area contributed by atoms with Crippen molar-refractivity contribution >= 4 is 11.6 Å². The van der Waals surface area contributed by atoms with E-state index in [0.717, 1.165) is 37.4 Å². The number of fused-ring (bicyclic) bond motifs is 1. The van der Waals surface area contributed by atoms with E-state index in [1.807, 2.05) is 29.3 Å². The Hall–Kier alpha value is -3.17. The first kappa shape index (κ1) is 19.2. The van der Waals surface area contributed by atoms with Crippen molar-refractivity contribution in [3.05, 3.63) is 42.2 Å². The standard InChI is InChI=1S/C20H24N6O3/c1-24-8-10-25(11-9-24)23-20(27)15-13-19-21-7-6-16(26(19)22-15)14-4-5-17(28-2)18(12-14)29-3/h4-7,12-13H,8-11H2,1-3H3,(H,23,27). The molecule has 0 radical (unpaired) electrons. The first-order chi connectivity index (χ1) is 14.1. The van der Waals surface area contributed by atoms with Gasteiger partial charge in [-0.05, 0) is 31.3 Å². The van der Waals surface area contributed by atoms with Crippen molar-refractivity contribution in [1.82, 2.24) is 29.9 Å². The number of carbonyl (C=O) groups excluding carboxylic acids is 1. The highest BCUT2D eigenvalue weighted by molar-refractivity contribution is 5.93. The number of methoxy groups -OCH3 is 2. The number of aromatic nitrogens is 3. The number of likely N-dealkylation sites (N-methyl/N-ethyl adjacent to an activating group) is 1. The van der Waals surface area contributed by atoms with Gasteiger partial charge in [-0.15, -0.1) is 0 Å². The summed E-state index contributed by atoms with van der Waals surface area (Å²) < 4.78 is 12.4. The molecule has 29 heavy (non-hydrogen) atoms. The van der Waals surface area contributed by atoms with Crippen molar-refractivity contribution in [3.8, 4) is 22.8 Å². The Bertz CT molecular complexity index is 1030. The number of benzene rings is 1. The number of hydrazine groups is 1. The van der Waals surface area contributed by atoms with E-state index >= 15 is 0 Å². The molecule has 0 atom stereocenters. The third-order valence-electron chi connectivity index (χ3n) is 5.03. The van der Waals surface area contributed by atoms with Crippen LogP contribution in [0.25, 0.3) is 16.9 Å². The Balaban J connectivity index is 1.63. The average molecular weight is 396 g/mol. The van der Waals surface area contributed by atoms with Gasteiger partial charge >= 0.3 is 0 Å². The Morgan fingerprint density at radius 2 is 1.79 bits per heavy atom. The van der Waals surface area contributed by atoms with Gasteiger partial charge in [0, 0.05) is 44.0 Å². The lowest BCUT2D eigenvalue weighted by Crippen LogP contribution is -2.52. The first-order valence-corrected chi connectivity index (χ1v) is 9.40. The number of piperazine rings is 1. The largest absolute Gasteiger partial charge is 0.493 e. The van der Waals surface area contributed by atoms with Gasteiger partial charge in [-0.3, -0.25) is 10.2 Å². The van der Waals surface area contributed by atoms with Crippen LogP contribution < -0.4 is 14.9 Å². The Kier molecular flexibility index (Phi) is 5.32. The summed E-state index contributed by atoms with van der Waals surface area (Å²) in [5.41, 5.74) is 5.54. The molecule has 0 saturated carbocycles. The zero-order valence-corrected chi connectivity index (χ0v) is 16.8. The van der Waals surface area contributed by atoms with Gasteiger partial charge in [0.15, 0.2) is 22.8 Å². The summed E-state index contributed by atoms with van der Waals surface area (Å²) in [5, 5.41) is 6.43. The number of hydrogen-bond acceptors (Lipinski definition) is 7. The van der Waals surface area contributed by atoms with Crippen LogP contribution in [0.4, 0.5) is 0 Å². The zero-order valence-electron chi connectivity index (χ0n) is 16.8. The molecular formula is C20H24N6O3. The molecule has 0 bridgehead atoms. The van der Waals surface area contributed by atoms with Gasteiger partial charge in [-0.25, -0.2) is 14.5 Å². The van der Waals surface area contributed by atoms with Crippen LogP contribution in [-0.2, 0) is 0 Å². The highest BCUT2D eigenvalue weighted by Crippen LogP contribution is 2.32. The molecular weight excluding hydrogens is 372 g/mol. The molecule has 1 aromatic carbocycles. The van der Waals surface area contributed by atoms with Crippen molar-refractivity contribution < 1.29 is 14.3 Å². The van der Waals surface area contributed by atoms with Gasteiger partial charge in [-0.1, -0.05) is 0 Å². The van der Waals surface area contributed by atoms with E-state index in [0.29, 0.717) is 22.8 Å². The van der Waals surface area contributed by atoms with Gasteiger partial charge in [0.2, 0.25) is 0 Å². The number of hydrogen-bond donors (Lipinski definition) is 1. The van der Waals surface area contributed by atoms with Crippen LogP contribution >= 0.6 is 0 Å². The van der Waals surface area contributed by atoms with E-state index in [-0.39, 0.29) is 5.91 Å². The third-order valence-corrected chi connectivity index (χ3v) is 5.03. The quantitative estimate of drug-likeness (QED) is 0.696. The van der Waals surface area contributed by atoms with E-state index in [2.05, 4.69) is 27.5 Å². The first-order valence-electron chi connectivity index (χ1n) is 9.40. The predicted octanol–water partition coefficient (Wildman–Crippen LogP) is 1.31. The molecule has 1 saturated heterocycles. The van der Waals surface area contributed by atoms with Crippen LogP contribution in [0.3, 0.4) is 0 Å². The zero-order chi connectivity index (χ0) is 20.4. The molecule has 0 unspecified atom stereocenters. The lowest BCUT2D eigenvalue weighted by atomic mass is 10.1. The second kappa shape index (κ2) is 8.06. The predicted molar refractivity (Wildman–Crippen MR) is 108 cm³/mol. The van der Waals surface area contributed by atoms with Crippen molar-refractivity contribution in [3.63, 3.8) is 0 Å². The summed E-state index contributed by atoms with van der Waals surface area (Å²) in [6.45, 7) is 3.39. The van der Waals surface area contributed by atoms with E-state index in [9.17, 15) is 4.79 Å². The van der Waals surface area contributed by atoms with E-state index in [1.54, 1.807) is 31.0 Å². The average Bonchev–Trinajstić information content (AvgIpc) is 3.19. The van der Waals surface area contributed by atoms with Crippen molar-refractivity contribution in [2.45, 2.75) is 0 Å². The number of carbonyl (C=O) groups is 1. The number of rotatable bonds is 5. The SMILES string of the molecule is COc1ccc(-c2ccnc3cc(C(=O)NN4CCN(C)CC4)nn23)cc1OC. The summed E-state index contributed by atoms with van der Waals surface area (Å²) in [6, 6.07) is 9.17. The number of nitrogens with one attached hydrogen (secondary N) is 1. The van der Waals surface area contributed by atoms with Crippen LogP contribution in [0.15, 0.2) is 36.5 Å². The Morgan fingerprint density at radius 3 is 2.52 bits per heavy atom. The molecule has 1 N–H and O–H groups in total. The van der Waals surface area contributed by atoms with Crippen molar-refractivity contribution in [1.29, 1.82) is 0 Å². The second-order valence-corrected chi connectivity index (χ2v) is 6.93. The number of nitrogens with zero attached hydrogens (tertiary/aromatic N) is 5. The minimum Gasteiger partial charge on any atom is -0.493 e. The summed E-state index contributed by atoms with van der Waals surface area (Å²) in [4.78, 5) is 19.3. The number of ether oxygens (including phenoxy) is 2. The van der Waals surface area contributed by atoms with Crippen LogP contribution in [0.1, 0.15) is 10.5 Å². The molecule has 152 valence electrons. The minimum absolute atomic E-state index is 0.238. The Morgan fingerprint density at radius 1 is 1.03 bits per heavy atom. The van der Waals surface area contributed by atoms with E-state index in [1.165, 1.54) is 0 Å². The molecule has 9 nitrogen and oxygen atoms in total. The fraction of sp³-hybridized carbons (Fsp3) is 0.350. The lowest BCUT2D eigenvalue weighted by molar-refractivity contribution is 0.0657. The summed E-state index contributed by atoms with van der Waals surface area (Å²) in [5.74, 6) is 1.03. The highest BCUT2D eigenvalue weighted by atomic mass is 16.5. The minimum atomic E-state index is -0.238. The molecule has 0 aliphatic carbocycles. The highest BCUT2D eigenvalue weighted by Gasteiger charge is 2.19. The van der Waals surface area contributed by atoms with Gasteiger partial charge in [0.25, 0.3) is 5.91 Å². The number of amides is 1. The molecule has 1 aliphatic heterocycles. The van der Waals surface area contributed by atoms with Gasteiger partial charge in [0.05, 0.1) is 19.9 Å². The van der Waals surface area contributed by atoms with Crippen LogP contribution in [0, 0.1) is 0 Å². The molecule has 1 amide bonds. The Labute approximate surface area is 168 Å². The molecule has 0 spiro atoms. The molecule has 3 heterocycles. The van der Waals surface area contributed by atoms with Crippen molar-refractivity contribution in [2.24, 2.45) is 0 Å². The van der Waals surface area contributed by atoms with Crippen LogP contribution in [0.5, 0.6) is 11.5 Å². The fourth-order valence-corrected chi connectivity index (χ4v) is 3.34. The van der Waals surface area contributed by atoms with E-state index in [4.69, 9.17) is 9.47 Å². The second-order valence-electron chi connectivity index (χ2n) is 6.93. The van der Waals surface area contributed by atoms with Gasteiger partial charge in [0.1, 0.15) is 0 Å². The summed E-state index contributed by atoms with van der Waals surface area (Å²) in [7, 11) is 5.27. The van der Waals surface area contributed by atoms with Gasteiger partial charge < -0.3 is 14.4 Å². The monoisotopic (exact) mass is 396 g/mol. The maximum atomic E-state index is 12.7. The van der Waals surface area contributed by atoms with E-state index < -0.39 is 0 Å². The lowest BCUT2D eigenvalue weighted by Gasteiger charge is -2.32. The fourth-order valence-electron chi connectivity index (χ4n) is 3.34. The molecule has 1 fully saturated rings. The molecule has 1 aliphatic rings. The van der Waals surface area contributed by atoms with Crippen LogP contribution in [-0.4, -0.2) is 77.9 Å². The maximum absolute atomic E-state index is 12.7.